The summed E-state index contributed by atoms with van der Waals surface area (Å²) in [4.78, 5) is 59.1. The van der Waals surface area contributed by atoms with Crippen molar-refractivity contribution in [2.75, 3.05) is 23.8 Å². The van der Waals surface area contributed by atoms with E-state index in [-0.39, 0.29) is 69.9 Å². The van der Waals surface area contributed by atoms with Crippen LogP contribution in [-0.4, -0.2) is 88.7 Å². The van der Waals surface area contributed by atoms with Crippen molar-refractivity contribution in [3.8, 4) is 0 Å². The van der Waals surface area contributed by atoms with Crippen LogP contribution in [0.3, 0.4) is 0 Å². The molecule has 3 aromatic rings. The zero-order valence-corrected chi connectivity index (χ0v) is 26.0. The molecule has 2 atom stereocenters. The van der Waals surface area contributed by atoms with Crippen molar-refractivity contribution in [3.05, 3.63) is 34.2 Å². The molecule has 0 radical (unpaired) electrons. The normalized spacial score (nSPS) is 18.7. The summed E-state index contributed by atoms with van der Waals surface area (Å²) in [7, 11) is 0. The second kappa shape index (κ2) is 12.5. The number of anilines is 1. The number of hydrogen-bond acceptors (Lipinski definition) is 16. The van der Waals surface area contributed by atoms with E-state index in [1.165, 1.54) is 51.0 Å². The van der Waals surface area contributed by atoms with Crippen LogP contribution >= 0.6 is 46.2 Å². The average molecular weight is 633 g/mol. The molecule has 0 unspecified atom stereocenters. The standard InChI is InChI=1S/C20H18N8O7S4.Na/c1-2-35-17(33)8-3-27-19(23-8)39-20(25-27)38-5-7-4-36-15-11(14(30)28(15)12(7)16(31)32)24-13(29)10(26-34)9-6-37-18(21)22-9;/h3,6,11,15,34H,2,4-5H2,1H3,(H2,21,22)(H,24,29)(H,31,32);/q;+1/p-1/b26-10-;/t11-,15-;/m1./s1. The molecule has 204 valence electrons. The van der Waals surface area contributed by atoms with E-state index in [1.807, 2.05) is 0 Å². The first-order valence-corrected chi connectivity index (χ1v) is 14.7. The Morgan fingerprint density at radius 3 is 2.75 bits per heavy atom. The van der Waals surface area contributed by atoms with Crippen LogP contribution in [0.15, 0.2) is 32.3 Å². The number of nitrogens with two attached hydrogens (primary N) is 1. The Labute approximate surface area is 263 Å². The fraction of sp³-hybridized carbons (Fsp3) is 0.300. The number of esters is 1. The fourth-order valence-corrected chi connectivity index (χ4v) is 7.75. The van der Waals surface area contributed by atoms with Gasteiger partial charge in [0, 0.05) is 16.9 Å². The number of carboxylic acids is 1. The first-order chi connectivity index (χ1) is 18.7. The van der Waals surface area contributed by atoms with Gasteiger partial charge >= 0.3 is 35.5 Å². The third-order valence-corrected chi connectivity index (χ3v) is 9.64. The molecule has 4 N–H and O–H groups in total. The number of fused-ring (bicyclic) bond motifs is 2. The zero-order valence-electron chi connectivity index (χ0n) is 20.7. The minimum absolute atomic E-state index is 0. The van der Waals surface area contributed by atoms with Crippen molar-refractivity contribution in [3.63, 3.8) is 0 Å². The van der Waals surface area contributed by atoms with Crippen LogP contribution in [0.4, 0.5) is 5.13 Å². The van der Waals surface area contributed by atoms with Gasteiger partial charge in [-0.3, -0.25) is 14.5 Å². The SMILES string of the molecule is CCOC(=O)c1cn2nc(SCC3=C(C(=O)[O-])N4C(=O)[C@@H](NC(=O)/C(=N\O)c5csc(N)n5)[C@H]4SC3)sc2n1.[Na+]. The van der Waals surface area contributed by atoms with Gasteiger partial charge in [-0.25, -0.2) is 19.3 Å². The van der Waals surface area contributed by atoms with Crippen LogP contribution in [-0.2, 0) is 19.1 Å². The summed E-state index contributed by atoms with van der Waals surface area (Å²) >= 11 is 4.78. The summed E-state index contributed by atoms with van der Waals surface area (Å²) in [6.45, 7) is 1.91. The van der Waals surface area contributed by atoms with Gasteiger partial charge in [-0.1, -0.05) is 28.3 Å². The van der Waals surface area contributed by atoms with Crippen LogP contribution in [0.2, 0.25) is 0 Å². The first-order valence-electron chi connectivity index (χ1n) is 11.0. The van der Waals surface area contributed by atoms with Crippen LogP contribution < -0.4 is 45.7 Å². The second-order valence-corrected chi connectivity index (χ2v) is 12.0. The number of thiazole rings is 1. The number of aromatic nitrogens is 4. The predicted molar refractivity (Wildman–Crippen MR) is 139 cm³/mol. The monoisotopic (exact) mass is 632 g/mol. The molecule has 0 spiro atoms. The number of aliphatic carboxylic acids is 1. The van der Waals surface area contributed by atoms with Gasteiger partial charge in [0.1, 0.15) is 17.1 Å². The maximum Gasteiger partial charge on any atom is 1.00 e. The molecule has 0 bridgehead atoms. The Hall–Kier alpha value is -2.68. The summed E-state index contributed by atoms with van der Waals surface area (Å²) < 4.78 is 6.94. The van der Waals surface area contributed by atoms with Gasteiger partial charge in [-0.05, 0) is 12.5 Å². The number of thioether (sulfide) groups is 2. The van der Waals surface area contributed by atoms with Crippen molar-refractivity contribution in [1.29, 1.82) is 0 Å². The molecule has 5 rings (SSSR count). The van der Waals surface area contributed by atoms with Crippen molar-refractivity contribution >= 4 is 85.8 Å². The number of oxime groups is 1. The van der Waals surface area contributed by atoms with Crippen LogP contribution in [0.25, 0.3) is 4.96 Å². The molecule has 0 saturated carbocycles. The first kappa shape index (κ1) is 30.3. The molecule has 0 aliphatic carbocycles. The molecule has 2 aliphatic heterocycles. The van der Waals surface area contributed by atoms with E-state index in [9.17, 15) is 29.5 Å². The molecule has 5 heterocycles. The maximum absolute atomic E-state index is 12.9. The van der Waals surface area contributed by atoms with E-state index >= 15 is 0 Å². The van der Waals surface area contributed by atoms with Crippen LogP contribution in [0, 0.1) is 0 Å². The third-order valence-electron chi connectivity index (χ3n) is 5.49. The number of nitrogen functional groups attached to an aromatic ring is 1. The predicted octanol–water partition coefficient (Wildman–Crippen LogP) is -3.62. The Morgan fingerprint density at radius 2 is 2.12 bits per heavy atom. The molecule has 2 amide bonds. The molecular weight excluding hydrogens is 616 g/mol. The third kappa shape index (κ3) is 5.71. The Balaban J connectivity index is 0.00000370. The quantitative estimate of drug-likeness (QED) is 0.0395. The number of ether oxygens (including phenoxy) is 1. The van der Waals surface area contributed by atoms with Gasteiger partial charge in [-0.15, -0.1) is 28.2 Å². The molecule has 1 fully saturated rings. The number of nitrogens with one attached hydrogen (secondary N) is 1. The largest absolute Gasteiger partial charge is 1.00 e. The summed E-state index contributed by atoms with van der Waals surface area (Å²) in [6.07, 6.45) is 1.45. The van der Waals surface area contributed by atoms with Gasteiger partial charge in [0.25, 0.3) is 11.8 Å². The minimum atomic E-state index is -1.52. The van der Waals surface area contributed by atoms with E-state index in [4.69, 9.17) is 10.5 Å². The topological polar surface area (TPSA) is 218 Å². The summed E-state index contributed by atoms with van der Waals surface area (Å²) in [5.74, 6) is -3.10. The van der Waals surface area contributed by atoms with Crippen molar-refractivity contribution < 1.29 is 63.8 Å². The second-order valence-electron chi connectivity index (χ2n) is 7.85. The van der Waals surface area contributed by atoms with E-state index in [0.29, 0.717) is 14.9 Å². The average Bonchev–Trinajstić information content (AvgIpc) is 3.61. The maximum atomic E-state index is 12.9. The number of carbonyl (C=O) groups excluding carboxylic acids is 4. The number of carbonyl (C=O) groups is 4. The Kier molecular flexibility index (Phi) is 9.43. The Bertz CT molecular complexity index is 1540. The van der Waals surface area contributed by atoms with Gasteiger partial charge in [0.2, 0.25) is 4.96 Å². The van der Waals surface area contributed by atoms with E-state index < -0.39 is 40.9 Å². The van der Waals surface area contributed by atoms with Crippen molar-refractivity contribution in [1.82, 2.24) is 29.8 Å². The number of β-lactam (4-membered cyclic amide) rings is 1. The van der Waals surface area contributed by atoms with Crippen LogP contribution in [0.1, 0.15) is 23.1 Å². The molecule has 3 aromatic heterocycles. The molecule has 1 saturated heterocycles. The zero-order chi connectivity index (χ0) is 27.8. The number of rotatable bonds is 9. The van der Waals surface area contributed by atoms with Gasteiger partial charge < -0.3 is 30.9 Å². The molecule has 15 nitrogen and oxygen atoms in total. The van der Waals surface area contributed by atoms with E-state index in [0.717, 1.165) is 16.2 Å². The van der Waals surface area contributed by atoms with E-state index in [2.05, 4.69) is 25.5 Å². The van der Waals surface area contributed by atoms with Gasteiger partial charge in [-0.2, -0.15) is 0 Å². The summed E-state index contributed by atoms with van der Waals surface area (Å²) in [6, 6.07) is -1.04. The smallest absolute Gasteiger partial charge is 0.543 e. The van der Waals surface area contributed by atoms with Gasteiger partial charge in [0.15, 0.2) is 20.9 Å². The summed E-state index contributed by atoms with van der Waals surface area (Å²) in [5.41, 5.74) is 5.51. The number of amides is 2. The molecule has 20 heteroatoms. The van der Waals surface area contributed by atoms with Crippen molar-refractivity contribution in [2.24, 2.45) is 5.16 Å². The molecule has 2 aliphatic rings. The molecular formula is C20H17N8NaO7S4. The number of carboxylic acid groups (broad SMARTS) is 1. The number of imidazole rings is 1. The number of hydrogen-bond donors (Lipinski definition) is 3. The molecule has 0 aromatic carbocycles. The minimum Gasteiger partial charge on any atom is -0.543 e. The molecule has 40 heavy (non-hydrogen) atoms. The van der Waals surface area contributed by atoms with Gasteiger partial charge in [0.05, 0.1) is 24.5 Å². The van der Waals surface area contributed by atoms with Crippen LogP contribution in [0.5, 0.6) is 0 Å². The van der Waals surface area contributed by atoms with E-state index in [1.54, 1.807) is 6.92 Å². The van der Waals surface area contributed by atoms with Crippen molar-refractivity contribution in [2.45, 2.75) is 22.7 Å². The summed E-state index contributed by atoms with van der Waals surface area (Å²) in [5, 5.41) is 32.0. The fourth-order valence-electron chi connectivity index (χ4n) is 3.79. The number of nitrogens with zero attached hydrogens (tertiary/aromatic N) is 6. The Morgan fingerprint density at radius 1 is 1.35 bits per heavy atom.